The zero-order valence-electron chi connectivity index (χ0n) is 30.4. The topological polar surface area (TPSA) is 97.8 Å². The van der Waals surface area contributed by atoms with E-state index in [-0.39, 0.29) is 29.9 Å². The van der Waals surface area contributed by atoms with Gasteiger partial charge in [0, 0.05) is 60.4 Å². The van der Waals surface area contributed by atoms with Gasteiger partial charge in [-0.15, -0.1) is 0 Å². The third kappa shape index (κ3) is 8.73. The Labute approximate surface area is 316 Å². The quantitative estimate of drug-likeness (QED) is 0.263. The maximum atomic E-state index is 15.0. The van der Waals surface area contributed by atoms with Gasteiger partial charge in [0.25, 0.3) is 5.91 Å². The minimum absolute atomic E-state index is 0.0272. The molecule has 52 heavy (non-hydrogen) atoms. The van der Waals surface area contributed by atoms with E-state index in [0.29, 0.717) is 65.5 Å². The molecule has 0 unspecified atom stereocenters. The minimum Gasteiger partial charge on any atom is -0.493 e. The Hall–Kier alpha value is -4.12. The average Bonchev–Trinajstić information content (AvgIpc) is 3.52. The zero-order chi connectivity index (χ0) is 37.0. The summed E-state index contributed by atoms with van der Waals surface area (Å²) in [4.78, 5) is 54.1. The van der Waals surface area contributed by atoms with Crippen LogP contribution in [-0.4, -0.2) is 101 Å². The van der Waals surface area contributed by atoms with Crippen LogP contribution >= 0.6 is 23.2 Å². The van der Waals surface area contributed by atoms with E-state index in [1.165, 1.54) is 0 Å². The van der Waals surface area contributed by atoms with Gasteiger partial charge in [-0.1, -0.05) is 47.5 Å². The van der Waals surface area contributed by atoms with Crippen LogP contribution in [-0.2, 0) is 4.79 Å². The summed E-state index contributed by atoms with van der Waals surface area (Å²) >= 11 is 12.7. The molecule has 0 bridgehead atoms. The van der Waals surface area contributed by atoms with Crippen LogP contribution in [0.1, 0.15) is 86.1 Å². The van der Waals surface area contributed by atoms with Crippen LogP contribution in [0.4, 0.5) is 4.79 Å². The van der Waals surface area contributed by atoms with Crippen molar-refractivity contribution in [3.05, 3.63) is 99.0 Å². The fraction of sp³-hybridized carbons (Fsp3) is 0.450. The Morgan fingerprint density at radius 2 is 1.42 bits per heavy atom. The van der Waals surface area contributed by atoms with E-state index in [2.05, 4.69) is 10.2 Å². The lowest BCUT2D eigenvalue weighted by molar-refractivity contribution is -0.124. The van der Waals surface area contributed by atoms with E-state index >= 15 is 0 Å². The van der Waals surface area contributed by atoms with Crippen molar-refractivity contribution >= 4 is 46.9 Å². The Morgan fingerprint density at radius 3 is 2.02 bits per heavy atom. The van der Waals surface area contributed by atoms with E-state index in [1.54, 1.807) is 11.0 Å². The lowest BCUT2D eigenvalue weighted by atomic mass is 9.93. The van der Waals surface area contributed by atoms with E-state index in [1.807, 2.05) is 98.2 Å². The van der Waals surface area contributed by atoms with Crippen LogP contribution in [0.5, 0.6) is 5.75 Å². The van der Waals surface area contributed by atoms with Crippen molar-refractivity contribution in [2.24, 2.45) is 4.99 Å². The first-order valence-corrected chi connectivity index (χ1v) is 18.9. The van der Waals surface area contributed by atoms with E-state index in [0.717, 1.165) is 43.5 Å². The first-order valence-electron chi connectivity index (χ1n) is 18.2. The van der Waals surface area contributed by atoms with Gasteiger partial charge in [-0.05, 0) is 101 Å². The van der Waals surface area contributed by atoms with Crippen LogP contribution in [0.15, 0.2) is 71.7 Å². The summed E-state index contributed by atoms with van der Waals surface area (Å²) < 4.78 is 6.22. The monoisotopic (exact) mass is 746 g/mol. The number of aliphatic imine (C=N–C) groups is 1. The third-order valence-electron chi connectivity index (χ3n) is 9.63. The third-order valence-corrected chi connectivity index (χ3v) is 10.1. The van der Waals surface area contributed by atoms with E-state index in [9.17, 15) is 14.4 Å². The van der Waals surface area contributed by atoms with Gasteiger partial charge in [0.05, 0.1) is 24.8 Å². The number of hydrogen-bond donors (Lipinski definition) is 1. The molecular weight excluding hydrogens is 699 g/mol. The molecule has 0 spiro atoms. The summed E-state index contributed by atoms with van der Waals surface area (Å²) in [5.74, 6) is 0.877. The molecule has 3 heterocycles. The average molecular weight is 748 g/mol. The first kappa shape index (κ1) is 37.6. The standard InChI is InChI=1S/C40H48Cl2N6O4/c1-5-52-33-25-29(38(50)46-19-7-6-8-20-46)13-18-32(33)37-43-35(27-9-14-30(41)15-10-27)36(28-11-16-31(42)17-12-28)48(37)39(51)47-23-21-45(22-24-47)26-34(49)44-40(2,3)4/h9-18,25,35-36H,5-8,19-24,26H2,1-4H3,(H,44,49)/t35-,36+/m0/s1. The highest BCUT2D eigenvalue weighted by atomic mass is 35.5. The molecule has 2 atom stereocenters. The molecule has 3 aliphatic heterocycles. The molecule has 3 aliphatic rings. The number of likely N-dealkylation sites (tertiary alicyclic amines) is 1. The molecule has 0 saturated carbocycles. The number of benzene rings is 3. The smallest absolute Gasteiger partial charge is 0.326 e. The van der Waals surface area contributed by atoms with Gasteiger partial charge in [-0.25, -0.2) is 4.79 Å². The van der Waals surface area contributed by atoms with Gasteiger partial charge in [-0.2, -0.15) is 0 Å². The summed E-state index contributed by atoms with van der Waals surface area (Å²) in [6.45, 7) is 11.9. The first-order chi connectivity index (χ1) is 24.9. The van der Waals surface area contributed by atoms with Crippen molar-refractivity contribution < 1.29 is 19.1 Å². The SMILES string of the molecule is CCOc1cc(C(=O)N2CCCCC2)ccc1C1=N[C@@H](c2ccc(Cl)cc2)[C@@H](c2ccc(Cl)cc2)N1C(=O)N1CCN(CC(=O)NC(C)(C)C)CC1. The summed E-state index contributed by atoms with van der Waals surface area (Å²) in [7, 11) is 0. The van der Waals surface area contributed by atoms with Crippen LogP contribution in [0.25, 0.3) is 0 Å². The minimum atomic E-state index is -0.527. The van der Waals surface area contributed by atoms with Crippen LogP contribution < -0.4 is 10.1 Å². The molecule has 0 aromatic heterocycles. The van der Waals surface area contributed by atoms with Crippen LogP contribution in [0.2, 0.25) is 10.0 Å². The predicted molar refractivity (Wildman–Crippen MR) is 205 cm³/mol. The number of hydrogen-bond acceptors (Lipinski definition) is 6. The van der Waals surface area contributed by atoms with Crippen LogP contribution in [0.3, 0.4) is 0 Å². The number of ether oxygens (including phenoxy) is 1. The van der Waals surface area contributed by atoms with Gasteiger partial charge in [-0.3, -0.25) is 24.4 Å². The van der Waals surface area contributed by atoms with E-state index in [4.69, 9.17) is 32.9 Å². The van der Waals surface area contributed by atoms with Crippen molar-refractivity contribution in [3.8, 4) is 5.75 Å². The molecule has 10 nitrogen and oxygen atoms in total. The Morgan fingerprint density at radius 1 is 0.808 bits per heavy atom. The Kier molecular flexibility index (Phi) is 11.8. The number of urea groups is 1. The van der Waals surface area contributed by atoms with E-state index < -0.39 is 12.1 Å². The Bertz CT molecular complexity index is 1780. The molecule has 0 radical (unpaired) electrons. The van der Waals surface area contributed by atoms with Crippen molar-refractivity contribution in [2.45, 2.75) is 64.6 Å². The molecule has 12 heteroatoms. The molecular formula is C40H48Cl2N6O4. The molecule has 1 N–H and O–H groups in total. The zero-order valence-corrected chi connectivity index (χ0v) is 31.9. The number of halogens is 2. The molecule has 3 aromatic carbocycles. The molecule has 3 aromatic rings. The lowest BCUT2D eigenvalue weighted by Crippen LogP contribution is -2.56. The molecule has 6 rings (SSSR count). The molecule has 4 amide bonds. The number of piperidine rings is 1. The number of amidine groups is 1. The highest BCUT2D eigenvalue weighted by Crippen LogP contribution is 2.45. The second-order valence-electron chi connectivity index (χ2n) is 14.7. The maximum absolute atomic E-state index is 15.0. The van der Waals surface area contributed by atoms with Crippen molar-refractivity contribution in [2.75, 3.05) is 52.4 Å². The van der Waals surface area contributed by atoms with Crippen molar-refractivity contribution in [1.82, 2.24) is 24.9 Å². The fourth-order valence-electron chi connectivity index (χ4n) is 7.16. The van der Waals surface area contributed by atoms with Crippen molar-refractivity contribution in [1.29, 1.82) is 0 Å². The predicted octanol–water partition coefficient (Wildman–Crippen LogP) is 7.22. The summed E-state index contributed by atoms with van der Waals surface area (Å²) in [5.41, 5.74) is 2.60. The molecule has 2 saturated heterocycles. The lowest BCUT2D eigenvalue weighted by Gasteiger charge is -2.39. The number of rotatable bonds is 8. The molecule has 276 valence electrons. The second kappa shape index (κ2) is 16.3. The van der Waals surface area contributed by atoms with Gasteiger partial charge in [0.15, 0.2) is 0 Å². The number of nitrogens with one attached hydrogen (secondary N) is 1. The number of carbonyl (C=O) groups is 3. The van der Waals surface area contributed by atoms with Gasteiger partial charge in [0.2, 0.25) is 5.91 Å². The number of piperazine rings is 1. The van der Waals surface area contributed by atoms with Gasteiger partial charge in [0.1, 0.15) is 17.6 Å². The number of nitrogens with zero attached hydrogens (tertiary/aromatic N) is 5. The maximum Gasteiger partial charge on any atom is 0.326 e. The second-order valence-corrected chi connectivity index (χ2v) is 15.5. The highest BCUT2D eigenvalue weighted by Gasteiger charge is 2.45. The van der Waals surface area contributed by atoms with Gasteiger partial charge >= 0.3 is 6.03 Å². The molecule has 2 fully saturated rings. The fourth-order valence-corrected chi connectivity index (χ4v) is 7.41. The number of carbonyl (C=O) groups excluding carboxylic acids is 3. The summed E-state index contributed by atoms with van der Waals surface area (Å²) in [6.07, 6.45) is 3.11. The van der Waals surface area contributed by atoms with Gasteiger partial charge < -0.3 is 19.9 Å². The Balaban J connectivity index is 1.38. The summed E-state index contributed by atoms with van der Waals surface area (Å²) in [5, 5.41) is 4.21. The van der Waals surface area contributed by atoms with Crippen molar-refractivity contribution in [3.63, 3.8) is 0 Å². The normalized spacial score (nSPS) is 19.7. The highest BCUT2D eigenvalue weighted by molar-refractivity contribution is 6.30. The van der Waals surface area contributed by atoms with Crippen LogP contribution in [0, 0.1) is 0 Å². The summed E-state index contributed by atoms with van der Waals surface area (Å²) in [6, 6.07) is 19.3. The largest absolute Gasteiger partial charge is 0.493 e. The number of amides is 4. The molecule has 0 aliphatic carbocycles.